The Hall–Kier alpha value is -0.821. The molecule has 1 amide bonds. The molecule has 0 aliphatic rings. The number of hydrazine groups is 1. The maximum atomic E-state index is 11.1. The fraction of sp³-hybridized carbons (Fsp3) is 0.385. The molecular weight excluding hydrogens is 365 g/mol. The van der Waals surface area contributed by atoms with E-state index in [2.05, 4.69) is 43.1 Å². The molecule has 4 nitrogen and oxygen atoms in total. The summed E-state index contributed by atoms with van der Waals surface area (Å²) >= 11 is 3.06. The molecule has 0 aromatic heterocycles. The Balaban J connectivity index is 2.62. The van der Waals surface area contributed by atoms with Crippen LogP contribution in [0.5, 0.6) is 0 Å². The van der Waals surface area contributed by atoms with Crippen molar-refractivity contribution >= 4 is 50.9 Å². The standard InChI is InChI=1S/C10H12N3OS.3CH3.Sn/c1-2-9(14)12-13-10(15)11-8-6-4-3-5-7-8;;;;/h3-4,6-7H,2H2,1H3,(H,12,14)(H2,11,13,15);3*1H3;. The van der Waals surface area contributed by atoms with Crippen LogP contribution in [0, 0.1) is 0 Å². The molecule has 104 valence electrons. The second-order valence-corrected chi connectivity index (χ2v) is 20.2. The van der Waals surface area contributed by atoms with Crippen LogP contribution in [0.2, 0.25) is 14.8 Å². The third kappa shape index (κ3) is 5.78. The topological polar surface area (TPSA) is 53.2 Å². The second kappa shape index (κ2) is 7.09. The maximum absolute atomic E-state index is 11.1. The van der Waals surface area contributed by atoms with Crippen LogP contribution in [-0.4, -0.2) is 29.4 Å². The van der Waals surface area contributed by atoms with Gasteiger partial charge in [0.1, 0.15) is 0 Å². The van der Waals surface area contributed by atoms with Crippen LogP contribution in [0.15, 0.2) is 24.3 Å². The third-order valence-electron chi connectivity index (χ3n) is 2.62. The van der Waals surface area contributed by atoms with Gasteiger partial charge in [0, 0.05) is 0 Å². The number of hydrogen-bond donors (Lipinski definition) is 3. The van der Waals surface area contributed by atoms with Crippen molar-refractivity contribution in [3.8, 4) is 0 Å². The van der Waals surface area contributed by atoms with Gasteiger partial charge in [-0.3, -0.25) is 0 Å². The van der Waals surface area contributed by atoms with Gasteiger partial charge in [0.15, 0.2) is 0 Å². The van der Waals surface area contributed by atoms with E-state index in [1.54, 1.807) is 6.92 Å². The number of thiocarbonyl (C=S) groups is 1. The first kappa shape index (κ1) is 16.2. The van der Waals surface area contributed by atoms with E-state index in [-0.39, 0.29) is 5.91 Å². The minimum absolute atomic E-state index is 0.0937. The summed E-state index contributed by atoms with van der Waals surface area (Å²) in [5.41, 5.74) is 6.15. The van der Waals surface area contributed by atoms with E-state index in [9.17, 15) is 4.79 Å². The zero-order chi connectivity index (χ0) is 14.5. The van der Waals surface area contributed by atoms with Crippen LogP contribution in [0.4, 0.5) is 5.69 Å². The Labute approximate surface area is 124 Å². The number of amides is 1. The van der Waals surface area contributed by atoms with Crippen LogP contribution in [-0.2, 0) is 4.79 Å². The third-order valence-corrected chi connectivity index (χ3v) is 8.66. The zero-order valence-corrected chi connectivity index (χ0v) is 15.5. The van der Waals surface area contributed by atoms with Crippen molar-refractivity contribution in [1.29, 1.82) is 0 Å². The van der Waals surface area contributed by atoms with Crippen molar-refractivity contribution in [1.82, 2.24) is 10.9 Å². The van der Waals surface area contributed by atoms with Gasteiger partial charge in [-0.05, 0) is 0 Å². The number of carbonyl (C=O) groups is 1. The molecule has 6 heteroatoms. The van der Waals surface area contributed by atoms with E-state index in [4.69, 9.17) is 12.2 Å². The molecule has 1 rings (SSSR count). The molecule has 0 heterocycles. The van der Waals surface area contributed by atoms with Crippen LogP contribution in [0.3, 0.4) is 0 Å². The minimum atomic E-state index is -2.06. The Morgan fingerprint density at radius 3 is 2.53 bits per heavy atom. The fourth-order valence-electron chi connectivity index (χ4n) is 1.44. The van der Waals surface area contributed by atoms with Gasteiger partial charge in [0.05, 0.1) is 0 Å². The molecule has 3 N–H and O–H groups in total. The summed E-state index contributed by atoms with van der Waals surface area (Å²) in [5, 5.41) is 3.46. The molecule has 0 atom stereocenters. The van der Waals surface area contributed by atoms with E-state index < -0.39 is 18.4 Å². The molecule has 0 aliphatic carbocycles. The van der Waals surface area contributed by atoms with Gasteiger partial charge in [-0.1, -0.05) is 0 Å². The van der Waals surface area contributed by atoms with E-state index in [1.165, 1.54) is 3.58 Å². The summed E-state index contributed by atoms with van der Waals surface area (Å²) in [6, 6.07) is 8.33. The average Bonchev–Trinajstić information content (AvgIpc) is 2.35. The number of carbonyl (C=O) groups excluding carboxylic acids is 1. The molecule has 0 spiro atoms. The Kier molecular flexibility index (Phi) is 6.06. The molecule has 0 radical (unpaired) electrons. The Morgan fingerprint density at radius 2 is 1.95 bits per heavy atom. The molecular formula is C13H21N3OSSn. The molecule has 0 unspecified atom stereocenters. The van der Waals surface area contributed by atoms with Gasteiger partial charge in [-0.2, -0.15) is 0 Å². The molecule has 1 aromatic carbocycles. The summed E-state index contributed by atoms with van der Waals surface area (Å²) in [6.07, 6.45) is 0.420. The fourth-order valence-corrected chi connectivity index (χ4v) is 4.99. The van der Waals surface area contributed by atoms with Crippen LogP contribution < -0.4 is 19.7 Å². The first-order valence-corrected chi connectivity index (χ1v) is 16.7. The van der Waals surface area contributed by atoms with Crippen LogP contribution >= 0.6 is 12.2 Å². The molecule has 0 aliphatic heterocycles. The summed E-state index contributed by atoms with van der Waals surface area (Å²) in [6.45, 7) is 1.79. The van der Waals surface area contributed by atoms with Crippen molar-refractivity contribution < 1.29 is 4.79 Å². The SMILES string of the molecule is CCC(=O)NNC(=S)Nc1ccc[c]([Sn]([CH3])([CH3])[CH3])c1. The molecule has 0 saturated heterocycles. The Bertz CT molecular complexity index is 471. The van der Waals surface area contributed by atoms with E-state index in [0.717, 1.165) is 5.69 Å². The average molecular weight is 386 g/mol. The second-order valence-electron chi connectivity index (χ2n) is 5.31. The number of hydrogen-bond acceptors (Lipinski definition) is 2. The van der Waals surface area contributed by atoms with Crippen molar-refractivity contribution in [2.45, 2.75) is 28.2 Å². The molecule has 1 aromatic rings. The summed E-state index contributed by atoms with van der Waals surface area (Å²) in [4.78, 5) is 18.2. The van der Waals surface area contributed by atoms with Crippen molar-refractivity contribution in [2.24, 2.45) is 0 Å². The van der Waals surface area contributed by atoms with Gasteiger partial charge in [0.2, 0.25) is 0 Å². The van der Waals surface area contributed by atoms with Crippen molar-refractivity contribution in [3.63, 3.8) is 0 Å². The molecule has 0 fully saturated rings. The molecule has 0 bridgehead atoms. The van der Waals surface area contributed by atoms with Crippen LogP contribution in [0.1, 0.15) is 13.3 Å². The quantitative estimate of drug-likeness (QED) is 0.423. The van der Waals surface area contributed by atoms with Crippen molar-refractivity contribution in [3.05, 3.63) is 24.3 Å². The number of benzene rings is 1. The monoisotopic (exact) mass is 387 g/mol. The predicted octanol–water partition coefficient (Wildman–Crippen LogP) is 1.96. The van der Waals surface area contributed by atoms with E-state index in [0.29, 0.717) is 11.5 Å². The van der Waals surface area contributed by atoms with Crippen molar-refractivity contribution in [2.75, 3.05) is 5.32 Å². The zero-order valence-electron chi connectivity index (χ0n) is 11.8. The van der Waals surface area contributed by atoms with Gasteiger partial charge in [-0.25, -0.2) is 0 Å². The summed E-state index contributed by atoms with van der Waals surface area (Å²) in [7, 11) is 0. The van der Waals surface area contributed by atoms with Gasteiger partial charge in [-0.15, -0.1) is 0 Å². The van der Waals surface area contributed by atoms with Gasteiger partial charge >= 0.3 is 124 Å². The normalized spacial score (nSPS) is 10.7. The first-order chi connectivity index (χ1) is 8.82. The first-order valence-electron chi connectivity index (χ1n) is 6.29. The number of anilines is 1. The Morgan fingerprint density at radius 1 is 1.26 bits per heavy atom. The van der Waals surface area contributed by atoms with E-state index in [1.807, 2.05) is 12.1 Å². The summed E-state index contributed by atoms with van der Waals surface area (Å²) < 4.78 is 1.43. The number of rotatable bonds is 3. The molecule has 19 heavy (non-hydrogen) atoms. The van der Waals surface area contributed by atoms with E-state index >= 15 is 0 Å². The van der Waals surface area contributed by atoms with Gasteiger partial charge < -0.3 is 0 Å². The number of nitrogens with one attached hydrogen (secondary N) is 3. The molecule has 0 saturated carbocycles. The predicted molar refractivity (Wildman–Crippen MR) is 87.2 cm³/mol. The van der Waals surface area contributed by atoms with Gasteiger partial charge in [0.25, 0.3) is 0 Å². The van der Waals surface area contributed by atoms with Crippen LogP contribution in [0.25, 0.3) is 0 Å². The summed E-state index contributed by atoms with van der Waals surface area (Å²) in [5.74, 6) is -0.0937.